The number of aliphatic hydroxyl groups is 1. The van der Waals surface area contributed by atoms with Crippen molar-refractivity contribution in [2.75, 3.05) is 0 Å². The van der Waals surface area contributed by atoms with Crippen LogP contribution in [0.15, 0.2) is 24.3 Å². The molecule has 0 saturated heterocycles. The van der Waals surface area contributed by atoms with Crippen molar-refractivity contribution in [2.45, 2.75) is 51.6 Å². The molecule has 1 saturated carbocycles. The van der Waals surface area contributed by atoms with Gasteiger partial charge < -0.3 is 9.90 Å². The van der Waals surface area contributed by atoms with Crippen molar-refractivity contribution in [2.24, 2.45) is 17.8 Å². The normalized spacial score (nSPS) is 34.2. The minimum Gasteiger partial charge on any atom is -0.392 e. The van der Waals surface area contributed by atoms with Gasteiger partial charge in [-0.05, 0) is 50.9 Å². The number of hydrogen-bond donors (Lipinski definition) is 1. The van der Waals surface area contributed by atoms with Gasteiger partial charge in [0.25, 0.3) is 0 Å². The van der Waals surface area contributed by atoms with Gasteiger partial charge in [0, 0.05) is 12.3 Å². The molecule has 18 heavy (non-hydrogen) atoms. The lowest BCUT2D eigenvalue weighted by Crippen LogP contribution is -2.16. The monoisotopic (exact) mass is 248 g/mol. The first-order chi connectivity index (χ1) is 8.61. The molecule has 0 spiro atoms. The molecule has 0 aromatic heterocycles. The Morgan fingerprint density at radius 1 is 1.56 bits per heavy atom. The Balaban J connectivity index is 1.79. The van der Waals surface area contributed by atoms with Gasteiger partial charge in [-0.2, -0.15) is 0 Å². The minimum atomic E-state index is -0.187. The number of aliphatic hydroxyl groups excluding tert-OH is 1. The predicted molar refractivity (Wildman–Crippen MR) is 73.1 cm³/mol. The van der Waals surface area contributed by atoms with Crippen molar-refractivity contribution in [1.29, 1.82) is 0 Å². The molecule has 2 rings (SSSR count). The fraction of sp³-hybridized carbons (Fsp3) is 0.688. The molecule has 4 atom stereocenters. The average molecular weight is 248 g/mol. The zero-order valence-corrected chi connectivity index (χ0v) is 11.3. The number of carbonyl (C=O) groups is 1. The van der Waals surface area contributed by atoms with Crippen LogP contribution in [-0.2, 0) is 4.79 Å². The maximum absolute atomic E-state index is 10.9. The molecule has 0 bridgehead atoms. The second-order valence-electron chi connectivity index (χ2n) is 5.88. The van der Waals surface area contributed by atoms with E-state index in [0.29, 0.717) is 24.0 Å². The Hall–Kier alpha value is -0.890. The van der Waals surface area contributed by atoms with Gasteiger partial charge in [0.2, 0.25) is 0 Å². The Kier molecular flexibility index (Phi) is 4.39. The summed E-state index contributed by atoms with van der Waals surface area (Å²) in [7, 11) is 0. The lowest BCUT2D eigenvalue weighted by Gasteiger charge is -2.17. The van der Waals surface area contributed by atoms with E-state index in [1.165, 1.54) is 5.57 Å². The van der Waals surface area contributed by atoms with Crippen LogP contribution in [-0.4, -0.2) is 17.0 Å². The zero-order valence-electron chi connectivity index (χ0n) is 11.3. The first-order valence-corrected chi connectivity index (χ1v) is 7.11. The number of allylic oxidation sites excluding steroid dienone is 2. The molecular weight excluding hydrogens is 224 g/mol. The number of carbonyl (C=O) groups excluding carboxylic acids is 1. The molecule has 0 radical (unpaired) electrons. The summed E-state index contributed by atoms with van der Waals surface area (Å²) in [5, 5.41) is 9.92. The van der Waals surface area contributed by atoms with Crippen LogP contribution in [0.3, 0.4) is 0 Å². The molecule has 0 aromatic carbocycles. The predicted octanol–water partition coefficient (Wildman–Crippen LogP) is 3.27. The number of hydrogen-bond acceptors (Lipinski definition) is 2. The van der Waals surface area contributed by atoms with Crippen molar-refractivity contribution >= 4 is 5.78 Å². The van der Waals surface area contributed by atoms with Crippen LogP contribution in [0.5, 0.6) is 0 Å². The molecule has 0 unspecified atom stereocenters. The van der Waals surface area contributed by atoms with Crippen molar-refractivity contribution in [3.8, 4) is 0 Å². The van der Waals surface area contributed by atoms with Crippen LogP contribution in [0.25, 0.3) is 0 Å². The first-order valence-electron chi connectivity index (χ1n) is 7.11. The van der Waals surface area contributed by atoms with Gasteiger partial charge in [0.05, 0.1) is 6.10 Å². The standard InChI is InChI=1S/C16H24O2/c1-3-14-15-9-12(7-5-4-6-11(2)17)8-13(15)10-16(14)18/h3,8,13-16,18H,1,4-7,9-10H2,2H3/t13-,14+,15-,16+/m0/s1. The summed E-state index contributed by atoms with van der Waals surface area (Å²) >= 11 is 0. The molecule has 2 aliphatic rings. The molecule has 0 aromatic rings. The second-order valence-corrected chi connectivity index (χ2v) is 5.88. The lowest BCUT2D eigenvalue weighted by molar-refractivity contribution is -0.117. The van der Waals surface area contributed by atoms with E-state index in [9.17, 15) is 9.90 Å². The van der Waals surface area contributed by atoms with Gasteiger partial charge in [-0.25, -0.2) is 0 Å². The van der Waals surface area contributed by atoms with Gasteiger partial charge in [-0.15, -0.1) is 6.58 Å². The van der Waals surface area contributed by atoms with Crippen LogP contribution < -0.4 is 0 Å². The van der Waals surface area contributed by atoms with Gasteiger partial charge in [0.15, 0.2) is 0 Å². The topological polar surface area (TPSA) is 37.3 Å². The average Bonchev–Trinajstić information content (AvgIpc) is 2.80. The maximum Gasteiger partial charge on any atom is 0.129 e. The van der Waals surface area contributed by atoms with E-state index in [2.05, 4.69) is 12.7 Å². The summed E-state index contributed by atoms with van der Waals surface area (Å²) < 4.78 is 0. The van der Waals surface area contributed by atoms with E-state index < -0.39 is 0 Å². The molecule has 2 aliphatic carbocycles. The fourth-order valence-corrected chi connectivity index (χ4v) is 3.58. The Morgan fingerprint density at radius 2 is 2.33 bits per heavy atom. The SMILES string of the molecule is C=C[C@@H]1[C@H]2CC(CCCCC(C)=O)=C[C@H]2C[C@H]1O. The van der Waals surface area contributed by atoms with E-state index >= 15 is 0 Å². The Bertz CT molecular complexity index is 356. The first kappa shape index (κ1) is 13.5. The van der Waals surface area contributed by atoms with Crippen LogP contribution in [0.2, 0.25) is 0 Å². The smallest absolute Gasteiger partial charge is 0.129 e. The highest BCUT2D eigenvalue weighted by atomic mass is 16.3. The third-order valence-electron chi connectivity index (χ3n) is 4.50. The molecule has 0 amide bonds. The Morgan fingerprint density at radius 3 is 3.00 bits per heavy atom. The molecule has 0 aliphatic heterocycles. The van der Waals surface area contributed by atoms with E-state index in [-0.39, 0.29) is 12.0 Å². The minimum absolute atomic E-state index is 0.187. The highest BCUT2D eigenvalue weighted by Crippen LogP contribution is 2.47. The third kappa shape index (κ3) is 2.92. The second kappa shape index (κ2) is 5.83. The van der Waals surface area contributed by atoms with E-state index in [0.717, 1.165) is 32.1 Å². The largest absolute Gasteiger partial charge is 0.392 e. The number of unbranched alkanes of at least 4 members (excludes halogenated alkanes) is 1. The van der Waals surface area contributed by atoms with Crippen molar-refractivity contribution in [1.82, 2.24) is 0 Å². The highest BCUT2D eigenvalue weighted by molar-refractivity contribution is 5.75. The van der Waals surface area contributed by atoms with Gasteiger partial charge in [-0.1, -0.05) is 17.7 Å². The Labute approximate surface area is 110 Å². The van der Waals surface area contributed by atoms with Crippen LogP contribution in [0, 0.1) is 17.8 Å². The lowest BCUT2D eigenvalue weighted by atomic mass is 9.89. The number of Topliss-reactive ketones (excluding diaryl/α,β-unsaturated/α-hetero) is 1. The fourth-order valence-electron chi connectivity index (χ4n) is 3.58. The highest BCUT2D eigenvalue weighted by Gasteiger charge is 2.42. The maximum atomic E-state index is 10.9. The van der Waals surface area contributed by atoms with Crippen molar-refractivity contribution in [3.05, 3.63) is 24.3 Å². The molecule has 2 nitrogen and oxygen atoms in total. The molecular formula is C16H24O2. The molecule has 2 heteroatoms. The molecule has 1 N–H and O–H groups in total. The summed E-state index contributed by atoms with van der Waals surface area (Å²) in [5.41, 5.74) is 1.53. The van der Waals surface area contributed by atoms with E-state index in [1.807, 2.05) is 6.08 Å². The summed E-state index contributed by atoms with van der Waals surface area (Å²) in [6.07, 6.45) is 10.1. The number of ketones is 1. The zero-order chi connectivity index (χ0) is 13.1. The van der Waals surface area contributed by atoms with Gasteiger partial charge >= 0.3 is 0 Å². The number of rotatable bonds is 6. The van der Waals surface area contributed by atoms with Gasteiger partial charge in [-0.3, -0.25) is 0 Å². The quantitative estimate of drug-likeness (QED) is 0.578. The van der Waals surface area contributed by atoms with Crippen LogP contribution in [0.4, 0.5) is 0 Å². The number of fused-ring (bicyclic) bond motifs is 1. The van der Waals surface area contributed by atoms with Crippen molar-refractivity contribution < 1.29 is 9.90 Å². The van der Waals surface area contributed by atoms with E-state index in [1.54, 1.807) is 6.92 Å². The van der Waals surface area contributed by atoms with Gasteiger partial charge in [0.1, 0.15) is 5.78 Å². The van der Waals surface area contributed by atoms with Crippen LogP contribution in [0.1, 0.15) is 45.4 Å². The van der Waals surface area contributed by atoms with Crippen LogP contribution >= 0.6 is 0 Å². The summed E-state index contributed by atoms with van der Waals surface area (Å²) in [6, 6.07) is 0. The molecule has 1 fully saturated rings. The summed E-state index contributed by atoms with van der Waals surface area (Å²) in [4.78, 5) is 10.9. The summed E-state index contributed by atoms with van der Waals surface area (Å²) in [6.45, 7) is 5.51. The third-order valence-corrected chi connectivity index (χ3v) is 4.50. The molecule has 0 heterocycles. The summed E-state index contributed by atoms with van der Waals surface area (Å²) in [5.74, 6) is 1.72. The van der Waals surface area contributed by atoms with Crippen molar-refractivity contribution in [3.63, 3.8) is 0 Å². The van der Waals surface area contributed by atoms with E-state index in [4.69, 9.17) is 0 Å². The molecule has 100 valence electrons.